The first-order chi connectivity index (χ1) is 10.0. The van der Waals surface area contributed by atoms with E-state index in [4.69, 9.17) is 10.5 Å². The molecule has 0 aliphatic carbocycles. The normalized spacial score (nSPS) is 11.3. The van der Waals surface area contributed by atoms with Crippen LogP contribution in [0.2, 0.25) is 0 Å². The van der Waals surface area contributed by atoms with Crippen molar-refractivity contribution in [2.45, 2.75) is 18.2 Å². The van der Waals surface area contributed by atoms with E-state index in [2.05, 4.69) is 4.98 Å². The highest BCUT2D eigenvalue weighted by Crippen LogP contribution is 2.25. The molecule has 5 nitrogen and oxygen atoms in total. The monoisotopic (exact) mass is 306 g/mol. The molecule has 0 fully saturated rings. The number of rotatable bonds is 6. The zero-order chi connectivity index (χ0) is 15.3. The summed E-state index contributed by atoms with van der Waals surface area (Å²) >= 11 is 0. The van der Waals surface area contributed by atoms with Gasteiger partial charge in [0, 0.05) is 24.4 Å². The number of hydrogen-bond acceptors (Lipinski definition) is 5. The lowest BCUT2D eigenvalue weighted by Gasteiger charge is -2.10. The number of hydrogen-bond donors (Lipinski definition) is 1. The summed E-state index contributed by atoms with van der Waals surface area (Å²) in [5, 5.41) is 0. The Bertz CT molecular complexity index is 700. The molecule has 0 saturated carbocycles. The van der Waals surface area contributed by atoms with Gasteiger partial charge in [0.25, 0.3) is 0 Å². The van der Waals surface area contributed by atoms with Gasteiger partial charge in [-0.1, -0.05) is 6.07 Å². The van der Waals surface area contributed by atoms with Crippen LogP contribution in [0.4, 0.5) is 5.69 Å². The molecule has 112 valence electrons. The number of nitrogens with zero attached hydrogens (tertiary/aromatic N) is 1. The average Bonchev–Trinajstić information content (AvgIpc) is 2.48. The van der Waals surface area contributed by atoms with Crippen molar-refractivity contribution in [3.05, 3.63) is 48.3 Å². The highest BCUT2D eigenvalue weighted by molar-refractivity contribution is 7.91. The Labute approximate surface area is 124 Å². The molecule has 6 heteroatoms. The van der Waals surface area contributed by atoms with Crippen molar-refractivity contribution in [2.75, 3.05) is 18.1 Å². The Morgan fingerprint density at radius 1 is 1.24 bits per heavy atom. The summed E-state index contributed by atoms with van der Waals surface area (Å²) < 4.78 is 30.2. The van der Waals surface area contributed by atoms with Gasteiger partial charge in [-0.15, -0.1) is 0 Å². The highest BCUT2D eigenvalue weighted by Gasteiger charge is 2.19. The van der Waals surface area contributed by atoms with Crippen LogP contribution in [0.1, 0.15) is 12.6 Å². The fraction of sp³-hybridized carbons (Fsp3) is 0.267. The molecular weight excluding hydrogens is 288 g/mol. The standard InChI is InChI=1S/C15H18N2O3S/c1-2-20-13-6-7-14(16)15(11-13)21(18,19)10-8-12-5-3-4-9-17-12/h3-7,9,11H,2,8,10,16H2,1H3. The number of sulfone groups is 1. The smallest absolute Gasteiger partial charge is 0.180 e. The van der Waals surface area contributed by atoms with E-state index < -0.39 is 9.84 Å². The van der Waals surface area contributed by atoms with Crippen LogP contribution in [-0.4, -0.2) is 25.8 Å². The molecule has 0 spiro atoms. The number of benzene rings is 1. The molecule has 0 bridgehead atoms. The van der Waals surface area contributed by atoms with Crippen LogP contribution < -0.4 is 10.5 Å². The first-order valence-electron chi connectivity index (χ1n) is 6.68. The van der Waals surface area contributed by atoms with Gasteiger partial charge >= 0.3 is 0 Å². The fourth-order valence-electron chi connectivity index (χ4n) is 1.94. The van der Waals surface area contributed by atoms with E-state index in [1.807, 2.05) is 13.0 Å². The SMILES string of the molecule is CCOc1ccc(N)c(S(=O)(=O)CCc2ccccn2)c1. The number of nitrogen functional groups attached to an aromatic ring is 1. The third-order valence-electron chi connectivity index (χ3n) is 2.98. The summed E-state index contributed by atoms with van der Waals surface area (Å²) in [7, 11) is -3.47. The number of aromatic nitrogens is 1. The molecule has 0 amide bonds. The molecule has 1 heterocycles. The quantitative estimate of drug-likeness (QED) is 0.826. The summed E-state index contributed by atoms with van der Waals surface area (Å²) in [6.07, 6.45) is 1.99. The van der Waals surface area contributed by atoms with Gasteiger partial charge in [0.1, 0.15) is 5.75 Å². The lowest BCUT2D eigenvalue weighted by atomic mass is 10.3. The average molecular weight is 306 g/mol. The number of ether oxygens (including phenoxy) is 1. The van der Waals surface area contributed by atoms with Crippen molar-refractivity contribution < 1.29 is 13.2 Å². The van der Waals surface area contributed by atoms with E-state index in [-0.39, 0.29) is 16.3 Å². The maximum Gasteiger partial charge on any atom is 0.180 e. The second kappa shape index (κ2) is 6.58. The van der Waals surface area contributed by atoms with Crippen LogP contribution in [0, 0.1) is 0 Å². The first-order valence-corrected chi connectivity index (χ1v) is 8.33. The molecule has 2 N–H and O–H groups in total. The van der Waals surface area contributed by atoms with Gasteiger partial charge in [-0.05, 0) is 31.2 Å². The minimum atomic E-state index is -3.47. The van der Waals surface area contributed by atoms with Gasteiger partial charge < -0.3 is 10.5 Å². The largest absolute Gasteiger partial charge is 0.494 e. The summed E-state index contributed by atoms with van der Waals surface area (Å²) in [6.45, 7) is 2.31. The second-order valence-corrected chi connectivity index (χ2v) is 6.60. The van der Waals surface area contributed by atoms with Gasteiger partial charge in [-0.3, -0.25) is 4.98 Å². The summed E-state index contributed by atoms with van der Waals surface area (Å²) in [5.41, 5.74) is 6.76. The zero-order valence-electron chi connectivity index (χ0n) is 11.8. The molecule has 0 saturated heterocycles. The Morgan fingerprint density at radius 3 is 2.71 bits per heavy atom. The van der Waals surface area contributed by atoms with Gasteiger partial charge in [-0.2, -0.15) is 0 Å². The zero-order valence-corrected chi connectivity index (χ0v) is 12.6. The van der Waals surface area contributed by atoms with E-state index in [9.17, 15) is 8.42 Å². The first kappa shape index (κ1) is 15.3. The Balaban J connectivity index is 2.21. The van der Waals surface area contributed by atoms with E-state index >= 15 is 0 Å². The highest BCUT2D eigenvalue weighted by atomic mass is 32.2. The maximum atomic E-state index is 12.4. The lowest BCUT2D eigenvalue weighted by Crippen LogP contribution is -2.12. The third-order valence-corrected chi connectivity index (χ3v) is 4.75. The van der Waals surface area contributed by atoms with Gasteiger partial charge in [0.05, 0.1) is 22.9 Å². The molecule has 0 unspecified atom stereocenters. The lowest BCUT2D eigenvalue weighted by molar-refractivity contribution is 0.339. The molecule has 0 radical (unpaired) electrons. The van der Waals surface area contributed by atoms with Crippen LogP contribution in [0.5, 0.6) is 5.75 Å². The molecule has 2 aromatic rings. The van der Waals surface area contributed by atoms with E-state index in [0.29, 0.717) is 18.8 Å². The van der Waals surface area contributed by atoms with Gasteiger partial charge in [0.15, 0.2) is 9.84 Å². The molecule has 0 aliphatic rings. The Morgan fingerprint density at radius 2 is 2.05 bits per heavy atom. The predicted octanol–water partition coefficient (Wildman–Crippen LogP) is 2.08. The second-order valence-electron chi connectivity index (χ2n) is 4.52. The van der Waals surface area contributed by atoms with Crippen LogP contribution >= 0.6 is 0 Å². The minimum absolute atomic E-state index is 0.0379. The van der Waals surface area contributed by atoms with Crippen molar-refractivity contribution in [3.8, 4) is 5.75 Å². The molecule has 1 aromatic carbocycles. The maximum absolute atomic E-state index is 12.4. The topological polar surface area (TPSA) is 82.3 Å². The van der Waals surface area contributed by atoms with E-state index in [1.54, 1.807) is 30.5 Å². The third kappa shape index (κ3) is 3.95. The minimum Gasteiger partial charge on any atom is -0.494 e. The van der Waals surface area contributed by atoms with Crippen molar-refractivity contribution >= 4 is 15.5 Å². The van der Waals surface area contributed by atoms with Gasteiger partial charge in [-0.25, -0.2) is 8.42 Å². The summed E-state index contributed by atoms with van der Waals surface area (Å²) in [4.78, 5) is 4.24. The van der Waals surface area contributed by atoms with Crippen LogP contribution in [0.25, 0.3) is 0 Å². The van der Waals surface area contributed by atoms with Crippen LogP contribution in [-0.2, 0) is 16.3 Å². The van der Waals surface area contributed by atoms with Crippen molar-refractivity contribution in [2.24, 2.45) is 0 Å². The van der Waals surface area contributed by atoms with Crippen LogP contribution in [0.15, 0.2) is 47.5 Å². The molecular formula is C15H18N2O3S. The van der Waals surface area contributed by atoms with E-state index in [1.165, 1.54) is 6.07 Å². The Kier molecular flexibility index (Phi) is 4.80. The number of aryl methyl sites for hydroxylation is 1. The molecule has 0 atom stereocenters. The molecule has 2 rings (SSSR count). The molecule has 0 aliphatic heterocycles. The fourth-order valence-corrected chi connectivity index (χ4v) is 3.36. The van der Waals surface area contributed by atoms with Gasteiger partial charge in [0.2, 0.25) is 0 Å². The molecule has 1 aromatic heterocycles. The van der Waals surface area contributed by atoms with E-state index in [0.717, 1.165) is 5.69 Å². The molecule has 21 heavy (non-hydrogen) atoms. The summed E-state index contributed by atoms with van der Waals surface area (Å²) in [6, 6.07) is 10.1. The number of pyridine rings is 1. The number of anilines is 1. The summed E-state index contributed by atoms with van der Waals surface area (Å²) in [5.74, 6) is 0.465. The van der Waals surface area contributed by atoms with Crippen LogP contribution in [0.3, 0.4) is 0 Å². The predicted molar refractivity (Wildman–Crippen MR) is 82.0 cm³/mol. The number of nitrogens with two attached hydrogens (primary N) is 1. The van der Waals surface area contributed by atoms with Crippen molar-refractivity contribution in [1.29, 1.82) is 0 Å². The Hall–Kier alpha value is -2.08. The van der Waals surface area contributed by atoms with Crippen molar-refractivity contribution in [1.82, 2.24) is 4.98 Å². The van der Waals surface area contributed by atoms with Crippen molar-refractivity contribution in [3.63, 3.8) is 0 Å².